The third-order valence-electron chi connectivity index (χ3n) is 3.30. The van der Waals surface area contributed by atoms with Crippen molar-refractivity contribution in [1.29, 1.82) is 0 Å². The second kappa shape index (κ2) is 5.25. The highest BCUT2D eigenvalue weighted by molar-refractivity contribution is 6.19. The predicted molar refractivity (Wildman–Crippen MR) is 81.8 cm³/mol. The maximum absolute atomic E-state index is 12.3. The van der Waals surface area contributed by atoms with Gasteiger partial charge in [-0.25, -0.2) is 4.99 Å². The molecule has 0 bridgehead atoms. The van der Waals surface area contributed by atoms with Gasteiger partial charge < -0.3 is 5.11 Å². The Bertz CT molecular complexity index is 731. The van der Waals surface area contributed by atoms with Gasteiger partial charge in [0.15, 0.2) is 0 Å². The quantitative estimate of drug-likeness (QED) is 0.859. The van der Waals surface area contributed by atoms with Crippen LogP contribution in [0.1, 0.15) is 11.1 Å². The van der Waals surface area contributed by atoms with E-state index in [1.54, 1.807) is 37.4 Å². The number of likely N-dealkylation sites (N-methyl/N-ethyl adjacent to an activating group) is 1. The van der Waals surface area contributed by atoms with E-state index in [0.717, 1.165) is 11.1 Å². The molecule has 0 unspecified atom stereocenters. The summed E-state index contributed by atoms with van der Waals surface area (Å²) in [5.74, 6) is 0.635. The summed E-state index contributed by atoms with van der Waals surface area (Å²) < 4.78 is 0. The summed E-state index contributed by atoms with van der Waals surface area (Å²) in [5.41, 5.74) is 2.14. The monoisotopic (exact) mass is 278 g/mol. The Hall–Kier alpha value is -2.88. The van der Waals surface area contributed by atoms with Crippen LogP contribution in [0.3, 0.4) is 0 Å². The summed E-state index contributed by atoms with van der Waals surface area (Å²) in [6.07, 6.45) is 1.77. The Morgan fingerprint density at radius 3 is 2.38 bits per heavy atom. The summed E-state index contributed by atoms with van der Waals surface area (Å²) in [4.78, 5) is 18.2. The minimum absolute atomic E-state index is 0.137. The van der Waals surface area contributed by atoms with Gasteiger partial charge in [-0.15, -0.1) is 0 Å². The topological polar surface area (TPSA) is 52.9 Å². The number of carbonyl (C=O) groups is 1. The number of nitrogens with zero attached hydrogens (tertiary/aromatic N) is 2. The van der Waals surface area contributed by atoms with E-state index in [1.165, 1.54) is 4.90 Å². The summed E-state index contributed by atoms with van der Waals surface area (Å²) in [6.45, 7) is 0. The fourth-order valence-corrected chi connectivity index (χ4v) is 2.17. The molecule has 104 valence electrons. The molecule has 1 amide bonds. The molecule has 4 nitrogen and oxygen atoms in total. The fraction of sp³-hybridized carbons (Fsp3) is 0.0588. The molecule has 1 heterocycles. The number of rotatable bonds is 2. The Kier molecular flexibility index (Phi) is 3.28. The average Bonchev–Trinajstić information content (AvgIpc) is 2.78. The lowest BCUT2D eigenvalue weighted by molar-refractivity contribution is -0.121. The van der Waals surface area contributed by atoms with E-state index in [2.05, 4.69) is 4.99 Å². The third-order valence-corrected chi connectivity index (χ3v) is 3.30. The van der Waals surface area contributed by atoms with Crippen molar-refractivity contribution in [2.45, 2.75) is 0 Å². The predicted octanol–water partition coefficient (Wildman–Crippen LogP) is 2.65. The van der Waals surface area contributed by atoms with Gasteiger partial charge in [0.1, 0.15) is 17.3 Å². The number of phenolic OH excluding ortho intramolecular Hbond substituents is 1. The van der Waals surface area contributed by atoms with E-state index in [4.69, 9.17) is 0 Å². The van der Waals surface area contributed by atoms with Crippen molar-refractivity contribution in [2.24, 2.45) is 4.99 Å². The van der Waals surface area contributed by atoms with Crippen molar-refractivity contribution in [3.8, 4) is 5.75 Å². The van der Waals surface area contributed by atoms with Crippen molar-refractivity contribution >= 4 is 17.8 Å². The molecule has 0 fully saturated rings. The van der Waals surface area contributed by atoms with Crippen LogP contribution in [-0.4, -0.2) is 28.8 Å². The van der Waals surface area contributed by atoms with Gasteiger partial charge in [-0.2, -0.15) is 0 Å². The normalized spacial score (nSPS) is 16.4. The van der Waals surface area contributed by atoms with Crippen molar-refractivity contribution in [3.05, 3.63) is 71.4 Å². The number of hydrogen-bond acceptors (Lipinski definition) is 3. The number of benzene rings is 2. The number of aromatic hydroxyl groups is 1. The maximum atomic E-state index is 12.3. The molecule has 0 saturated carbocycles. The molecule has 1 N–H and O–H groups in total. The van der Waals surface area contributed by atoms with E-state index < -0.39 is 0 Å². The zero-order valence-corrected chi connectivity index (χ0v) is 11.5. The standard InChI is InChI=1S/C17H14N2O2/c1-19-16(13-7-9-14(20)10-8-13)18-15(17(19)21)11-12-5-3-2-4-6-12/h2-11,20H,1H3/b15-11+. The molecule has 0 radical (unpaired) electrons. The molecular formula is C17H14N2O2. The molecule has 2 aromatic carbocycles. The van der Waals surface area contributed by atoms with Gasteiger partial charge in [0.05, 0.1) is 0 Å². The second-order valence-corrected chi connectivity index (χ2v) is 4.79. The first-order valence-corrected chi connectivity index (χ1v) is 6.58. The number of phenols is 1. The molecule has 0 spiro atoms. The number of amidine groups is 1. The number of aliphatic imine (C=N–C) groups is 1. The van der Waals surface area contributed by atoms with Gasteiger partial charge in [-0.1, -0.05) is 30.3 Å². The highest BCUT2D eigenvalue weighted by atomic mass is 16.3. The van der Waals surface area contributed by atoms with Crippen molar-refractivity contribution in [3.63, 3.8) is 0 Å². The number of amides is 1. The van der Waals surface area contributed by atoms with Crippen LogP contribution < -0.4 is 0 Å². The molecule has 0 atom stereocenters. The molecule has 3 rings (SSSR count). The fourth-order valence-electron chi connectivity index (χ4n) is 2.17. The lowest BCUT2D eigenvalue weighted by Gasteiger charge is -2.11. The van der Waals surface area contributed by atoms with Crippen LogP contribution in [-0.2, 0) is 4.79 Å². The second-order valence-electron chi connectivity index (χ2n) is 4.79. The molecule has 4 heteroatoms. The van der Waals surface area contributed by atoms with Gasteiger partial charge in [0.2, 0.25) is 0 Å². The van der Waals surface area contributed by atoms with Gasteiger partial charge in [-0.3, -0.25) is 9.69 Å². The molecule has 1 aliphatic heterocycles. The zero-order chi connectivity index (χ0) is 14.8. The first-order chi connectivity index (χ1) is 10.1. The third kappa shape index (κ3) is 2.56. The molecule has 21 heavy (non-hydrogen) atoms. The summed E-state index contributed by atoms with van der Waals surface area (Å²) >= 11 is 0. The van der Waals surface area contributed by atoms with E-state index >= 15 is 0 Å². The van der Waals surface area contributed by atoms with Gasteiger partial charge >= 0.3 is 0 Å². The minimum atomic E-state index is -0.137. The smallest absolute Gasteiger partial charge is 0.277 e. The Morgan fingerprint density at radius 2 is 1.71 bits per heavy atom. The molecule has 1 aliphatic rings. The average molecular weight is 278 g/mol. The Labute approximate surface area is 122 Å². The summed E-state index contributed by atoms with van der Waals surface area (Å²) in [7, 11) is 1.69. The SMILES string of the molecule is CN1C(=O)/C(=C\c2ccccc2)N=C1c1ccc(O)cc1. The zero-order valence-electron chi connectivity index (χ0n) is 11.5. The molecule has 2 aromatic rings. The van der Waals surface area contributed by atoms with Gasteiger partial charge in [0, 0.05) is 12.6 Å². The van der Waals surface area contributed by atoms with E-state index in [-0.39, 0.29) is 11.7 Å². The number of carbonyl (C=O) groups excluding carboxylic acids is 1. The summed E-state index contributed by atoms with van der Waals surface area (Å²) in [6, 6.07) is 16.2. The minimum Gasteiger partial charge on any atom is -0.508 e. The van der Waals surface area contributed by atoms with Crippen molar-refractivity contribution in [1.82, 2.24) is 4.90 Å². The lowest BCUT2D eigenvalue weighted by atomic mass is 10.2. The Balaban J connectivity index is 1.99. The molecule has 0 saturated heterocycles. The van der Waals surface area contributed by atoms with Crippen LogP contribution in [0.4, 0.5) is 0 Å². The van der Waals surface area contributed by atoms with Crippen molar-refractivity contribution in [2.75, 3.05) is 7.05 Å². The largest absolute Gasteiger partial charge is 0.508 e. The summed E-state index contributed by atoms with van der Waals surface area (Å²) in [5, 5.41) is 9.33. The van der Waals surface area contributed by atoms with Crippen LogP contribution in [0, 0.1) is 0 Å². The first-order valence-electron chi connectivity index (χ1n) is 6.58. The first kappa shape index (κ1) is 13.1. The maximum Gasteiger partial charge on any atom is 0.277 e. The lowest BCUT2D eigenvalue weighted by Crippen LogP contribution is -2.28. The van der Waals surface area contributed by atoms with Crippen LogP contribution >= 0.6 is 0 Å². The molecule has 0 aromatic heterocycles. The van der Waals surface area contributed by atoms with E-state index in [1.807, 2.05) is 30.3 Å². The molecular weight excluding hydrogens is 264 g/mol. The number of hydrogen-bond donors (Lipinski definition) is 1. The molecule has 0 aliphatic carbocycles. The highest BCUT2D eigenvalue weighted by Crippen LogP contribution is 2.21. The van der Waals surface area contributed by atoms with Gasteiger partial charge in [-0.05, 0) is 35.9 Å². The van der Waals surface area contributed by atoms with Crippen LogP contribution in [0.25, 0.3) is 6.08 Å². The van der Waals surface area contributed by atoms with E-state index in [9.17, 15) is 9.90 Å². The Morgan fingerprint density at radius 1 is 1.05 bits per heavy atom. The van der Waals surface area contributed by atoms with Crippen LogP contribution in [0.2, 0.25) is 0 Å². The van der Waals surface area contributed by atoms with Crippen molar-refractivity contribution < 1.29 is 9.90 Å². The van der Waals surface area contributed by atoms with Crippen LogP contribution in [0.5, 0.6) is 5.75 Å². The van der Waals surface area contributed by atoms with E-state index in [0.29, 0.717) is 11.5 Å². The van der Waals surface area contributed by atoms with Gasteiger partial charge in [0.25, 0.3) is 5.91 Å². The van der Waals surface area contributed by atoms with Crippen LogP contribution in [0.15, 0.2) is 65.3 Å². The highest BCUT2D eigenvalue weighted by Gasteiger charge is 2.27.